The maximum absolute atomic E-state index is 14.7. The molecule has 4 N–H and O–H groups in total. The first-order valence-corrected chi connectivity index (χ1v) is 22.8. The first-order valence-electron chi connectivity index (χ1n) is 20.8. The minimum Gasteiger partial charge on any atom is -0.371 e. The normalized spacial score (nSPS) is 19.8. The third kappa shape index (κ3) is 15.3. The Bertz CT molecular complexity index is 1720. The van der Waals surface area contributed by atoms with Gasteiger partial charge in [-0.05, 0) is 57.4 Å². The molecule has 6 atom stereocenters. The van der Waals surface area contributed by atoms with Crippen molar-refractivity contribution in [3.8, 4) is 0 Å². The first-order chi connectivity index (χ1) is 27.1. The van der Waals surface area contributed by atoms with Crippen molar-refractivity contribution in [1.29, 1.82) is 0 Å². The fourth-order valence-electron chi connectivity index (χ4n) is 8.15. The lowest BCUT2D eigenvalue weighted by Crippen LogP contribution is -2.56. The van der Waals surface area contributed by atoms with E-state index in [1.165, 1.54) is 4.90 Å². The molecule has 1 aliphatic carbocycles. The SMILES string of the molecule is CCCC(CC(=O)[C@@H]1C[C@@H](OC(C)(C)C)CN1C(=O)[C@@H](NC(=O)[C@@H](CS(C)(=O)=O)C(C)C)C1CCCCC1)C(=O)C(=O)CCC(=O)NC(CC(N)=O)c1ccccc1. The summed E-state index contributed by atoms with van der Waals surface area (Å²) in [5.74, 6) is -6.89. The number of rotatable bonds is 22. The molecule has 1 saturated carbocycles. The number of ether oxygens (including phenoxy) is 1. The zero-order valence-electron chi connectivity index (χ0n) is 35.4. The number of primary amides is 1. The third-order valence-electron chi connectivity index (χ3n) is 11.0. The standard InChI is InChI=1S/C43H66N4O10S/c1-8-15-30(40(52)35(48)20-21-38(51)45-33(24-37(44)50)28-16-11-9-12-17-28)22-36(49)34-23-31(57-43(4,5)6)25-47(34)42(54)39(29-18-13-10-14-19-29)46-41(53)32(27(2)3)26-58(7,55)56/h9,11-12,16-17,27,29-34,39H,8,10,13-15,18-26H2,1-7H3,(H2,44,50)(H,45,51)(H,46,53)/t30?,31-,32+,33?,34+,39+/m1/s1. The average Bonchev–Trinajstić information content (AvgIpc) is 3.56. The Hall–Kier alpha value is -3.98. The van der Waals surface area contributed by atoms with Crippen LogP contribution in [0.4, 0.5) is 0 Å². The highest BCUT2D eigenvalue weighted by Gasteiger charge is 2.46. The maximum Gasteiger partial charge on any atom is 0.246 e. The number of nitrogens with zero attached hydrogens (tertiary/aromatic N) is 1. The van der Waals surface area contributed by atoms with Crippen molar-refractivity contribution in [3.05, 3.63) is 35.9 Å². The fraction of sp³-hybridized carbons (Fsp3) is 0.698. The molecular weight excluding hydrogens is 765 g/mol. The van der Waals surface area contributed by atoms with Gasteiger partial charge in [0.05, 0.1) is 41.9 Å². The van der Waals surface area contributed by atoms with Crippen LogP contribution < -0.4 is 16.4 Å². The van der Waals surface area contributed by atoms with Crippen molar-refractivity contribution < 1.29 is 46.7 Å². The lowest BCUT2D eigenvalue weighted by Gasteiger charge is -2.36. The Kier molecular flexibility index (Phi) is 18.2. The quantitative estimate of drug-likeness (QED) is 0.142. The number of carbonyl (C=O) groups is 7. The summed E-state index contributed by atoms with van der Waals surface area (Å²) in [5, 5.41) is 5.66. The second-order valence-electron chi connectivity index (χ2n) is 17.6. The summed E-state index contributed by atoms with van der Waals surface area (Å²) < 4.78 is 30.8. The van der Waals surface area contributed by atoms with Crippen molar-refractivity contribution in [1.82, 2.24) is 15.5 Å². The number of nitrogens with one attached hydrogen (secondary N) is 2. The Morgan fingerprint density at radius 1 is 0.931 bits per heavy atom. The van der Waals surface area contributed by atoms with Crippen LogP contribution in [0.2, 0.25) is 0 Å². The number of sulfone groups is 1. The molecule has 2 fully saturated rings. The number of carbonyl (C=O) groups excluding carboxylic acids is 7. The summed E-state index contributed by atoms with van der Waals surface area (Å²) >= 11 is 0. The van der Waals surface area contributed by atoms with Crippen LogP contribution in [0.3, 0.4) is 0 Å². The highest BCUT2D eigenvalue weighted by molar-refractivity contribution is 7.90. The van der Waals surface area contributed by atoms with Crippen molar-refractivity contribution in [2.45, 2.75) is 148 Å². The lowest BCUT2D eigenvalue weighted by atomic mass is 9.82. The number of nitrogens with two attached hydrogens (primary N) is 1. The Labute approximate surface area is 344 Å². The van der Waals surface area contributed by atoms with Crippen LogP contribution in [-0.4, -0.2) is 96.6 Å². The van der Waals surface area contributed by atoms with Gasteiger partial charge in [0.1, 0.15) is 15.9 Å². The van der Waals surface area contributed by atoms with Gasteiger partial charge in [-0.2, -0.15) is 0 Å². The van der Waals surface area contributed by atoms with E-state index in [2.05, 4.69) is 10.6 Å². The fourth-order valence-corrected chi connectivity index (χ4v) is 9.34. The molecule has 2 aliphatic rings. The van der Waals surface area contributed by atoms with Gasteiger partial charge in [0.2, 0.25) is 29.4 Å². The van der Waals surface area contributed by atoms with E-state index in [9.17, 15) is 42.0 Å². The molecule has 2 unspecified atom stereocenters. The molecule has 1 saturated heterocycles. The van der Waals surface area contributed by atoms with Crippen molar-refractivity contribution in [3.63, 3.8) is 0 Å². The van der Waals surface area contributed by atoms with E-state index < -0.39 is 98.9 Å². The Balaban J connectivity index is 1.82. The van der Waals surface area contributed by atoms with Gasteiger partial charge < -0.3 is 26.0 Å². The highest BCUT2D eigenvalue weighted by Crippen LogP contribution is 2.33. The maximum atomic E-state index is 14.7. The molecule has 0 aromatic heterocycles. The van der Waals surface area contributed by atoms with E-state index in [-0.39, 0.29) is 56.2 Å². The van der Waals surface area contributed by atoms with Crippen molar-refractivity contribution >= 4 is 50.8 Å². The summed E-state index contributed by atoms with van der Waals surface area (Å²) in [6.45, 7) is 11.0. The Morgan fingerprint density at radius 3 is 2.12 bits per heavy atom. The van der Waals surface area contributed by atoms with Gasteiger partial charge in [-0.15, -0.1) is 0 Å². The number of benzene rings is 1. The summed E-state index contributed by atoms with van der Waals surface area (Å²) in [6, 6.07) is 6.08. The molecule has 324 valence electrons. The summed E-state index contributed by atoms with van der Waals surface area (Å²) in [5.41, 5.74) is 5.45. The second-order valence-corrected chi connectivity index (χ2v) is 19.8. The summed E-state index contributed by atoms with van der Waals surface area (Å²) in [6.07, 6.45) is 4.32. The van der Waals surface area contributed by atoms with Gasteiger partial charge in [-0.3, -0.25) is 33.6 Å². The number of likely N-dealkylation sites (tertiary alicyclic amines) is 1. The molecule has 1 aliphatic heterocycles. The number of ketones is 3. The van der Waals surface area contributed by atoms with E-state index in [4.69, 9.17) is 10.5 Å². The van der Waals surface area contributed by atoms with Gasteiger partial charge in [-0.25, -0.2) is 8.42 Å². The molecular formula is C43H66N4O10S. The molecule has 1 aromatic carbocycles. The molecule has 4 amide bonds. The van der Waals surface area contributed by atoms with Crippen LogP contribution in [0.25, 0.3) is 0 Å². The zero-order chi connectivity index (χ0) is 43.4. The predicted molar refractivity (Wildman–Crippen MR) is 220 cm³/mol. The van der Waals surface area contributed by atoms with Crippen LogP contribution in [-0.2, 0) is 48.1 Å². The lowest BCUT2D eigenvalue weighted by molar-refractivity contribution is -0.144. The minimum atomic E-state index is -3.52. The molecule has 1 aromatic rings. The summed E-state index contributed by atoms with van der Waals surface area (Å²) in [7, 11) is -3.52. The predicted octanol–water partition coefficient (Wildman–Crippen LogP) is 4.18. The molecule has 0 bridgehead atoms. The monoisotopic (exact) mass is 830 g/mol. The van der Waals surface area contributed by atoms with E-state index in [0.29, 0.717) is 24.8 Å². The van der Waals surface area contributed by atoms with Crippen LogP contribution >= 0.6 is 0 Å². The molecule has 0 radical (unpaired) electrons. The number of hydrogen-bond donors (Lipinski definition) is 3. The van der Waals surface area contributed by atoms with E-state index in [1.807, 2.05) is 27.7 Å². The van der Waals surface area contributed by atoms with Gasteiger partial charge in [0, 0.05) is 44.4 Å². The van der Waals surface area contributed by atoms with Gasteiger partial charge in [-0.1, -0.05) is 76.8 Å². The van der Waals surface area contributed by atoms with E-state index in [1.54, 1.807) is 44.2 Å². The first kappa shape index (κ1) is 48.4. The number of Topliss-reactive ketones (excluding diaryl/α,β-unsaturated/α-hetero) is 3. The minimum absolute atomic E-state index is 0.0721. The van der Waals surface area contributed by atoms with Crippen LogP contribution in [0.1, 0.15) is 130 Å². The summed E-state index contributed by atoms with van der Waals surface area (Å²) in [4.78, 5) is 95.7. The van der Waals surface area contributed by atoms with Gasteiger partial charge >= 0.3 is 0 Å². The van der Waals surface area contributed by atoms with E-state index >= 15 is 0 Å². The molecule has 1 heterocycles. The molecule has 14 nitrogen and oxygen atoms in total. The molecule has 0 spiro atoms. The van der Waals surface area contributed by atoms with E-state index in [0.717, 1.165) is 25.5 Å². The molecule has 3 rings (SSSR count). The highest BCUT2D eigenvalue weighted by atomic mass is 32.2. The average molecular weight is 831 g/mol. The molecule has 15 heteroatoms. The van der Waals surface area contributed by atoms with Crippen molar-refractivity contribution in [2.75, 3.05) is 18.6 Å². The number of amides is 4. The topological polar surface area (TPSA) is 216 Å². The second kappa shape index (κ2) is 21.9. The number of hydrogen-bond acceptors (Lipinski definition) is 10. The smallest absolute Gasteiger partial charge is 0.246 e. The van der Waals surface area contributed by atoms with Crippen molar-refractivity contribution in [2.24, 2.45) is 29.4 Å². The van der Waals surface area contributed by atoms with Crippen LogP contribution in [0, 0.1) is 23.7 Å². The third-order valence-corrected chi connectivity index (χ3v) is 12.0. The largest absolute Gasteiger partial charge is 0.371 e. The zero-order valence-corrected chi connectivity index (χ0v) is 36.2. The van der Waals surface area contributed by atoms with Gasteiger partial charge in [0.15, 0.2) is 11.6 Å². The van der Waals surface area contributed by atoms with Crippen LogP contribution in [0.15, 0.2) is 30.3 Å². The molecule has 58 heavy (non-hydrogen) atoms. The Morgan fingerprint density at radius 2 is 1.57 bits per heavy atom. The van der Waals surface area contributed by atoms with Crippen LogP contribution in [0.5, 0.6) is 0 Å². The van der Waals surface area contributed by atoms with Gasteiger partial charge in [0.25, 0.3) is 0 Å².